The number of hydrogen-bond acceptors (Lipinski definition) is 7. The second-order valence-corrected chi connectivity index (χ2v) is 4.25. The normalized spacial score (nSPS) is 23.1. The number of anilines is 2. The molecule has 100 valence electrons. The van der Waals surface area contributed by atoms with E-state index in [9.17, 15) is 0 Å². The number of nitrogens with two attached hydrogens (primary N) is 1. The Morgan fingerprint density at radius 2 is 2.28 bits per heavy atom. The third kappa shape index (κ3) is 3.06. The van der Waals surface area contributed by atoms with Crippen LogP contribution in [0.2, 0.25) is 0 Å². The molecular weight excluding hydrogens is 234 g/mol. The smallest absolute Gasteiger partial charge is 0.158 e. The summed E-state index contributed by atoms with van der Waals surface area (Å²) in [5, 5.41) is 3.34. The first kappa shape index (κ1) is 13.0. The molecule has 1 fully saturated rings. The Labute approximate surface area is 106 Å². The quantitative estimate of drug-likeness (QED) is 0.519. The molecule has 0 aliphatic carbocycles. The van der Waals surface area contributed by atoms with Crippen LogP contribution in [0.5, 0.6) is 0 Å². The zero-order valence-corrected chi connectivity index (χ0v) is 10.6. The molecule has 0 amide bonds. The summed E-state index contributed by atoms with van der Waals surface area (Å²) in [5.74, 6) is 7.26. The predicted molar refractivity (Wildman–Crippen MR) is 68.0 cm³/mol. The van der Waals surface area contributed by atoms with E-state index in [4.69, 9.17) is 15.3 Å². The van der Waals surface area contributed by atoms with Crippen molar-refractivity contribution in [3.05, 3.63) is 11.9 Å². The largest absolute Gasteiger partial charge is 0.377 e. The van der Waals surface area contributed by atoms with Gasteiger partial charge in [0.15, 0.2) is 5.82 Å². The van der Waals surface area contributed by atoms with Gasteiger partial charge in [0.2, 0.25) is 0 Å². The highest BCUT2D eigenvalue weighted by Gasteiger charge is 2.24. The van der Waals surface area contributed by atoms with Gasteiger partial charge >= 0.3 is 0 Å². The fourth-order valence-electron chi connectivity index (χ4n) is 1.95. The topological polar surface area (TPSA) is 94.3 Å². The summed E-state index contributed by atoms with van der Waals surface area (Å²) < 4.78 is 10.5. The lowest BCUT2D eigenvalue weighted by Gasteiger charge is -2.17. The number of nitrogens with zero attached hydrogens (tertiary/aromatic N) is 2. The second-order valence-electron chi connectivity index (χ2n) is 4.25. The van der Waals surface area contributed by atoms with Crippen molar-refractivity contribution in [2.24, 2.45) is 5.84 Å². The molecule has 1 aliphatic heterocycles. The highest BCUT2D eigenvalue weighted by atomic mass is 16.5. The van der Waals surface area contributed by atoms with Crippen LogP contribution < -0.4 is 16.6 Å². The van der Waals surface area contributed by atoms with Gasteiger partial charge < -0.3 is 20.2 Å². The van der Waals surface area contributed by atoms with Crippen molar-refractivity contribution in [3.63, 3.8) is 0 Å². The lowest BCUT2D eigenvalue weighted by molar-refractivity contribution is 0.121. The van der Waals surface area contributed by atoms with Gasteiger partial charge in [-0.15, -0.1) is 0 Å². The van der Waals surface area contributed by atoms with Crippen molar-refractivity contribution in [1.82, 2.24) is 9.97 Å². The maximum Gasteiger partial charge on any atom is 0.158 e. The first-order valence-electron chi connectivity index (χ1n) is 5.94. The SMILES string of the molecule is COCc1nc(NN)cc(NC2CCOC2C)n1. The average molecular weight is 253 g/mol. The Kier molecular flexibility index (Phi) is 4.29. The number of nitrogen functional groups attached to an aromatic ring is 1. The van der Waals surface area contributed by atoms with Crippen LogP contribution in [0.3, 0.4) is 0 Å². The number of hydrazine groups is 1. The number of nitrogens with one attached hydrogen (secondary N) is 2. The van der Waals surface area contributed by atoms with Crippen LogP contribution in [0.1, 0.15) is 19.2 Å². The van der Waals surface area contributed by atoms with Gasteiger partial charge in [-0.3, -0.25) is 0 Å². The number of ether oxygens (including phenoxy) is 2. The standard InChI is InChI=1S/C11H19N5O2/c1-7-8(3-4-18-7)13-9-5-10(16-12)15-11(14-9)6-17-2/h5,7-8H,3-4,6,12H2,1-2H3,(H2,13,14,15,16). The van der Waals surface area contributed by atoms with Gasteiger partial charge in [-0.05, 0) is 13.3 Å². The fraction of sp³-hybridized carbons (Fsp3) is 0.636. The second kappa shape index (κ2) is 5.94. The van der Waals surface area contributed by atoms with E-state index >= 15 is 0 Å². The summed E-state index contributed by atoms with van der Waals surface area (Å²) in [5.41, 5.74) is 2.52. The van der Waals surface area contributed by atoms with E-state index in [0.717, 1.165) is 18.8 Å². The molecule has 2 atom stereocenters. The van der Waals surface area contributed by atoms with Crippen LogP contribution in [-0.2, 0) is 16.1 Å². The summed E-state index contributed by atoms with van der Waals surface area (Å²) in [6, 6.07) is 2.03. The minimum atomic E-state index is 0.181. The lowest BCUT2D eigenvalue weighted by atomic mass is 10.1. The molecule has 2 heterocycles. The molecule has 1 saturated heterocycles. The fourth-order valence-corrected chi connectivity index (χ4v) is 1.95. The third-order valence-electron chi connectivity index (χ3n) is 2.90. The Morgan fingerprint density at radius 3 is 2.89 bits per heavy atom. The Balaban J connectivity index is 2.12. The van der Waals surface area contributed by atoms with Crippen molar-refractivity contribution in [1.29, 1.82) is 0 Å². The van der Waals surface area contributed by atoms with Crippen molar-refractivity contribution in [3.8, 4) is 0 Å². The van der Waals surface area contributed by atoms with E-state index in [1.807, 2.05) is 6.92 Å². The van der Waals surface area contributed by atoms with E-state index in [1.54, 1.807) is 13.2 Å². The van der Waals surface area contributed by atoms with Crippen molar-refractivity contribution in [2.75, 3.05) is 24.5 Å². The molecule has 2 rings (SSSR count). The summed E-state index contributed by atoms with van der Waals surface area (Å²) in [4.78, 5) is 8.56. The monoisotopic (exact) mass is 253 g/mol. The van der Waals surface area contributed by atoms with Gasteiger partial charge in [-0.25, -0.2) is 15.8 Å². The van der Waals surface area contributed by atoms with E-state index < -0.39 is 0 Å². The molecule has 18 heavy (non-hydrogen) atoms. The van der Waals surface area contributed by atoms with Crippen molar-refractivity contribution in [2.45, 2.75) is 32.1 Å². The van der Waals surface area contributed by atoms with Gasteiger partial charge in [0.1, 0.15) is 18.2 Å². The lowest BCUT2D eigenvalue weighted by Crippen LogP contribution is -2.27. The van der Waals surface area contributed by atoms with E-state index in [0.29, 0.717) is 18.2 Å². The van der Waals surface area contributed by atoms with Crippen LogP contribution in [0.4, 0.5) is 11.6 Å². The molecule has 1 aromatic heterocycles. The molecule has 0 saturated carbocycles. The number of methoxy groups -OCH3 is 1. The van der Waals surface area contributed by atoms with Crippen LogP contribution in [0.15, 0.2) is 6.07 Å². The summed E-state index contributed by atoms with van der Waals surface area (Å²) >= 11 is 0. The minimum absolute atomic E-state index is 0.181. The first-order valence-corrected chi connectivity index (χ1v) is 5.94. The van der Waals surface area contributed by atoms with Crippen molar-refractivity contribution >= 4 is 11.6 Å². The molecule has 0 spiro atoms. The molecule has 0 radical (unpaired) electrons. The highest BCUT2D eigenvalue weighted by molar-refractivity contribution is 5.47. The van der Waals surface area contributed by atoms with Crippen molar-refractivity contribution < 1.29 is 9.47 Å². The first-order chi connectivity index (χ1) is 8.72. The van der Waals surface area contributed by atoms with Gasteiger partial charge in [-0.1, -0.05) is 0 Å². The van der Waals surface area contributed by atoms with Gasteiger partial charge in [0.05, 0.1) is 12.1 Å². The van der Waals surface area contributed by atoms with E-state index in [1.165, 1.54) is 0 Å². The van der Waals surface area contributed by atoms with Crippen LogP contribution in [0.25, 0.3) is 0 Å². The number of hydrogen-bond donors (Lipinski definition) is 3. The van der Waals surface area contributed by atoms with E-state index in [2.05, 4.69) is 20.7 Å². The maximum absolute atomic E-state index is 5.50. The maximum atomic E-state index is 5.50. The van der Waals surface area contributed by atoms with Gasteiger partial charge in [-0.2, -0.15) is 0 Å². The van der Waals surface area contributed by atoms with Crippen LogP contribution in [0, 0.1) is 0 Å². The average Bonchev–Trinajstić information content (AvgIpc) is 2.75. The number of aromatic nitrogens is 2. The molecule has 0 bridgehead atoms. The summed E-state index contributed by atoms with van der Waals surface area (Å²) in [6.07, 6.45) is 1.15. The molecule has 1 aromatic rings. The third-order valence-corrected chi connectivity index (χ3v) is 2.90. The Bertz CT molecular complexity index is 401. The zero-order valence-electron chi connectivity index (χ0n) is 10.6. The molecule has 0 aromatic carbocycles. The molecule has 7 nitrogen and oxygen atoms in total. The Morgan fingerprint density at radius 1 is 1.50 bits per heavy atom. The molecular formula is C11H19N5O2. The predicted octanol–water partition coefficient (Wildman–Crippen LogP) is 0.498. The van der Waals surface area contributed by atoms with Gasteiger partial charge in [0.25, 0.3) is 0 Å². The molecule has 2 unspecified atom stereocenters. The van der Waals surface area contributed by atoms with Gasteiger partial charge in [0, 0.05) is 19.8 Å². The van der Waals surface area contributed by atoms with E-state index in [-0.39, 0.29) is 12.1 Å². The molecule has 1 aliphatic rings. The van der Waals surface area contributed by atoms with Crippen LogP contribution >= 0.6 is 0 Å². The molecule has 4 N–H and O–H groups in total. The Hall–Kier alpha value is -1.44. The highest BCUT2D eigenvalue weighted by Crippen LogP contribution is 2.19. The van der Waals surface area contributed by atoms with Crippen LogP contribution in [-0.4, -0.2) is 35.8 Å². The zero-order chi connectivity index (χ0) is 13.0. The molecule has 7 heteroatoms. The summed E-state index contributed by atoms with van der Waals surface area (Å²) in [6.45, 7) is 3.17. The number of rotatable bonds is 5. The summed E-state index contributed by atoms with van der Waals surface area (Å²) in [7, 11) is 1.60. The minimum Gasteiger partial charge on any atom is -0.377 e.